The van der Waals surface area contributed by atoms with Crippen molar-refractivity contribution in [3.05, 3.63) is 24.3 Å². The first-order valence-corrected chi connectivity index (χ1v) is 5.79. The molecular formula is C13H19NO4. The number of hydroxylamine groups is 1. The number of ether oxygens (including phenoxy) is 2. The minimum absolute atomic E-state index is 0.0789. The Morgan fingerprint density at radius 3 is 2.39 bits per heavy atom. The second-order valence-corrected chi connectivity index (χ2v) is 4.19. The highest BCUT2D eigenvalue weighted by atomic mass is 16.7. The number of hydrogen-bond donors (Lipinski definition) is 1. The standard InChI is InChI=1S/C13H19NO4/c1-10(2)8-18-14-13(15)9-17-12-6-4-11(16-3)5-7-12/h4-7,10H,8-9H2,1-3H3,(H,14,15). The van der Waals surface area contributed by atoms with E-state index in [4.69, 9.17) is 14.3 Å². The molecule has 5 nitrogen and oxygen atoms in total. The summed E-state index contributed by atoms with van der Waals surface area (Å²) in [6.45, 7) is 4.40. The van der Waals surface area contributed by atoms with Gasteiger partial charge in [0.15, 0.2) is 6.61 Å². The minimum atomic E-state index is -0.313. The topological polar surface area (TPSA) is 56.8 Å². The van der Waals surface area contributed by atoms with Crippen LogP contribution in [-0.2, 0) is 9.63 Å². The van der Waals surface area contributed by atoms with Gasteiger partial charge in [-0.2, -0.15) is 0 Å². The number of benzene rings is 1. The molecule has 0 radical (unpaired) electrons. The molecule has 1 N–H and O–H groups in total. The molecule has 0 spiro atoms. The molecule has 0 aliphatic rings. The molecule has 1 aromatic carbocycles. The van der Waals surface area contributed by atoms with E-state index in [2.05, 4.69) is 5.48 Å². The fourth-order valence-corrected chi connectivity index (χ4v) is 1.14. The van der Waals surface area contributed by atoms with Crippen molar-refractivity contribution in [1.29, 1.82) is 0 Å². The van der Waals surface area contributed by atoms with Crippen LogP contribution in [0.4, 0.5) is 0 Å². The molecule has 0 saturated heterocycles. The SMILES string of the molecule is COc1ccc(OCC(=O)NOCC(C)C)cc1. The van der Waals surface area contributed by atoms with Crippen LogP contribution in [0.25, 0.3) is 0 Å². The van der Waals surface area contributed by atoms with Crippen LogP contribution >= 0.6 is 0 Å². The molecule has 1 aromatic rings. The van der Waals surface area contributed by atoms with Gasteiger partial charge in [-0.25, -0.2) is 5.48 Å². The Balaban J connectivity index is 2.24. The van der Waals surface area contributed by atoms with Crippen LogP contribution in [0, 0.1) is 5.92 Å². The highest BCUT2D eigenvalue weighted by molar-refractivity contribution is 5.76. The van der Waals surface area contributed by atoms with Crippen LogP contribution < -0.4 is 15.0 Å². The number of hydrogen-bond acceptors (Lipinski definition) is 4. The van der Waals surface area contributed by atoms with Crippen molar-refractivity contribution in [3.8, 4) is 11.5 Å². The predicted molar refractivity (Wildman–Crippen MR) is 67.4 cm³/mol. The van der Waals surface area contributed by atoms with E-state index in [1.54, 1.807) is 31.4 Å². The largest absolute Gasteiger partial charge is 0.497 e. The quantitative estimate of drug-likeness (QED) is 0.752. The van der Waals surface area contributed by atoms with E-state index >= 15 is 0 Å². The van der Waals surface area contributed by atoms with E-state index in [0.717, 1.165) is 5.75 Å². The molecule has 0 fully saturated rings. The van der Waals surface area contributed by atoms with E-state index in [-0.39, 0.29) is 12.5 Å². The molecule has 1 amide bonds. The Morgan fingerprint density at radius 1 is 1.22 bits per heavy atom. The van der Waals surface area contributed by atoms with Crippen LogP contribution in [0.5, 0.6) is 11.5 Å². The summed E-state index contributed by atoms with van der Waals surface area (Å²) in [5.41, 5.74) is 2.32. The van der Waals surface area contributed by atoms with E-state index in [9.17, 15) is 4.79 Å². The summed E-state index contributed by atoms with van der Waals surface area (Å²) in [6, 6.07) is 7.01. The molecule has 0 aliphatic carbocycles. The number of carbonyl (C=O) groups excluding carboxylic acids is 1. The second-order valence-electron chi connectivity index (χ2n) is 4.19. The third-order valence-electron chi connectivity index (χ3n) is 2.03. The highest BCUT2D eigenvalue weighted by Crippen LogP contribution is 2.16. The van der Waals surface area contributed by atoms with Crippen LogP contribution in [0.3, 0.4) is 0 Å². The summed E-state index contributed by atoms with van der Waals surface area (Å²) >= 11 is 0. The highest BCUT2D eigenvalue weighted by Gasteiger charge is 2.03. The summed E-state index contributed by atoms with van der Waals surface area (Å²) < 4.78 is 10.3. The van der Waals surface area contributed by atoms with Crippen LogP contribution in [-0.4, -0.2) is 26.2 Å². The van der Waals surface area contributed by atoms with Crippen molar-refractivity contribution in [2.75, 3.05) is 20.3 Å². The van der Waals surface area contributed by atoms with Crippen molar-refractivity contribution in [1.82, 2.24) is 5.48 Å². The third kappa shape index (κ3) is 5.54. The smallest absolute Gasteiger partial charge is 0.281 e. The molecule has 18 heavy (non-hydrogen) atoms. The summed E-state index contributed by atoms with van der Waals surface area (Å²) in [7, 11) is 1.59. The molecule has 0 aromatic heterocycles. The Bertz CT molecular complexity index is 362. The predicted octanol–water partition coefficient (Wildman–Crippen LogP) is 1.78. The molecule has 0 heterocycles. The zero-order valence-corrected chi connectivity index (χ0v) is 10.9. The van der Waals surface area contributed by atoms with Gasteiger partial charge in [0.1, 0.15) is 11.5 Å². The summed E-state index contributed by atoms with van der Waals surface area (Å²) in [5.74, 6) is 1.40. The number of carbonyl (C=O) groups is 1. The first-order valence-electron chi connectivity index (χ1n) is 5.79. The van der Waals surface area contributed by atoms with Gasteiger partial charge in [0.05, 0.1) is 13.7 Å². The lowest BCUT2D eigenvalue weighted by molar-refractivity contribution is -0.136. The average Bonchev–Trinajstić information content (AvgIpc) is 2.36. The van der Waals surface area contributed by atoms with Crippen LogP contribution in [0.15, 0.2) is 24.3 Å². The zero-order valence-electron chi connectivity index (χ0n) is 10.9. The van der Waals surface area contributed by atoms with E-state index in [0.29, 0.717) is 18.3 Å². The van der Waals surface area contributed by atoms with Gasteiger partial charge in [-0.05, 0) is 30.2 Å². The van der Waals surface area contributed by atoms with Crippen molar-refractivity contribution < 1.29 is 19.1 Å². The van der Waals surface area contributed by atoms with Gasteiger partial charge < -0.3 is 9.47 Å². The van der Waals surface area contributed by atoms with Crippen molar-refractivity contribution in [3.63, 3.8) is 0 Å². The van der Waals surface area contributed by atoms with Gasteiger partial charge in [0, 0.05) is 0 Å². The minimum Gasteiger partial charge on any atom is -0.497 e. The average molecular weight is 253 g/mol. The molecule has 5 heteroatoms. The van der Waals surface area contributed by atoms with Crippen molar-refractivity contribution >= 4 is 5.91 Å². The lowest BCUT2D eigenvalue weighted by Crippen LogP contribution is -2.30. The van der Waals surface area contributed by atoms with E-state index in [1.165, 1.54) is 0 Å². The molecular weight excluding hydrogens is 234 g/mol. The fourth-order valence-electron chi connectivity index (χ4n) is 1.14. The van der Waals surface area contributed by atoms with Crippen LogP contribution in [0.1, 0.15) is 13.8 Å². The monoisotopic (exact) mass is 253 g/mol. The van der Waals surface area contributed by atoms with Gasteiger partial charge in [0.2, 0.25) is 0 Å². The molecule has 100 valence electrons. The fraction of sp³-hybridized carbons (Fsp3) is 0.462. The van der Waals surface area contributed by atoms with E-state index < -0.39 is 0 Å². The van der Waals surface area contributed by atoms with Gasteiger partial charge in [-0.3, -0.25) is 9.63 Å². The van der Waals surface area contributed by atoms with Gasteiger partial charge in [0.25, 0.3) is 5.91 Å². The lowest BCUT2D eigenvalue weighted by atomic mass is 10.2. The first-order chi connectivity index (χ1) is 8.61. The molecule has 0 bridgehead atoms. The Kier molecular flexibility index (Phi) is 6.00. The Hall–Kier alpha value is -1.75. The lowest BCUT2D eigenvalue weighted by Gasteiger charge is -2.09. The Labute approximate surface area is 107 Å². The summed E-state index contributed by atoms with van der Waals surface area (Å²) in [5, 5.41) is 0. The molecule has 1 rings (SSSR count). The molecule has 0 unspecified atom stereocenters. The maximum atomic E-state index is 11.3. The zero-order chi connectivity index (χ0) is 13.4. The van der Waals surface area contributed by atoms with E-state index in [1.807, 2.05) is 13.8 Å². The maximum absolute atomic E-state index is 11.3. The van der Waals surface area contributed by atoms with Gasteiger partial charge >= 0.3 is 0 Å². The summed E-state index contributed by atoms with van der Waals surface area (Å²) in [6.07, 6.45) is 0. The second kappa shape index (κ2) is 7.55. The van der Waals surface area contributed by atoms with Crippen molar-refractivity contribution in [2.45, 2.75) is 13.8 Å². The third-order valence-corrected chi connectivity index (χ3v) is 2.03. The molecule has 0 saturated carbocycles. The van der Waals surface area contributed by atoms with Crippen molar-refractivity contribution in [2.24, 2.45) is 5.92 Å². The summed E-state index contributed by atoms with van der Waals surface area (Å²) in [4.78, 5) is 16.3. The molecule has 0 atom stereocenters. The maximum Gasteiger partial charge on any atom is 0.281 e. The van der Waals surface area contributed by atoms with Gasteiger partial charge in [-0.15, -0.1) is 0 Å². The van der Waals surface area contributed by atoms with Crippen LogP contribution in [0.2, 0.25) is 0 Å². The normalized spacial score (nSPS) is 10.2. The Morgan fingerprint density at radius 2 is 1.83 bits per heavy atom. The number of rotatable bonds is 7. The number of methoxy groups -OCH3 is 1. The number of nitrogens with one attached hydrogen (secondary N) is 1. The molecule has 0 aliphatic heterocycles. The van der Waals surface area contributed by atoms with Gasteiger partial charge in [-0.1, -0.05) is 13.8 Å². The first kappa shape index (κ1) is 14.3. The number of amides is 1.